The zero-order chi connectivity index (χ0) is 17.8. The van der Waals surface area contributed by atoms with Gasteiger partial charge in [-0.05, 0) is 37.5 Å². The molecule has 1 aromatic carbocycles. The van der Waals surface area contributed by atoms with E-state index in [1.54, 1.807) is 18.3 Å². The fourth-order valence-corrected chi connectivity index (χ4v) is 2.99. The minimum Gasteiger partial charge on any atom is -0.478 e. The molecule has 1 aliphatic heterocycles. The van der Waals surface area contributed by atoms with Gasteiger partial charge in [0.05, 0.1) is 23.4 Å². The lowest BCUT2D eigenvalue weighted by Gasteiger charge is -2.23. The molecule has 25 heavy (non-hydrogen) atoms. The predicted molar refractivity (Wildman–Crippen MR) is 90.6 cm³/mol. The Kier molecular flexibility index (Phi) is 5.14. The predicted octanol–water partition coefficient (Wildman–Crippen LogP) is 2.17. The molecule has 0 spiro atoms. The van der Waals surface area contributed by atoms with E-state index in [4.69, 9.17) is 9.84 Å². The lowest BCUT2D eigenvalue weighted by atomic mass is 10.1. The molecule has 7 heteroatoms. The van der Waals surface area contributed by atoms with E-state index < -0.39 is 5.97 Å². The number of carbonyl (C=O) groups excluding carboxylic acids is 1. The minimum absolute atomic E-state index is 0.182. The molecule has 2 N–H and O–H groups in total. The molecule has 0 radical (unpaired) electrons. The highest BCUT2D eigenvalue weighted by atomic mass is 16.5. The molecule has 2 heterocycles. The highest BCUT2D eigenvalue weighted by Crippen LogP contribution is 2.23. The summed E-state index contributed by atoms with van der Waals surface area (Å²) >= 11 is 0. The molecule has 1 fully saturated rings. The summed E-state index contributed by atoms with van der Waals surface area (Å²) in [6.07, 6.45) is 3.41. The Morgan fingerprint density at radius 3 is 2.60 bits per heavy atom. The van der Waals surface area contributed by atoms with Gasteiger partial charge < -0.3 is 15.2 Å². The van der Waals surface area contributed by atoms with Gasteiger partial charge in [-0.2, -0.15) is 5.10 Å². The molecule has 1 amide bonds. The molecule has 3 rings (SSSR count). The normalized spacial score (nSPS) is 15.1. The number of aromatic nitrogens is 2. The van der Waals surface area contributed by atoms with Gasteiger partial charge in [0.25, 0.3) is 5.91 Å². The molecule has 132 valence electrons. The average Bonchev–Trinajstić information content (AvgIpc) is 3.02. The van der Waals surface area contributed by atoms with Crippen LogP contribution >= 0.6 is 0 Å². The van der Waals surface area contributed by atoms with Crippen molar-refractivity contribution in [3.05, 3.63) is 52.8 Å². The van der Waals surface area contributed by atoms with Crippen LogP contribution in [0.25, 0.3) is 0 Å². The molecule has 0 unspecified atom stereocenters. The topological polar surface area (TPSA) is 93.5 Å². The van der Waals surface area contributed by atoms with Crippen LogP contribution in [0.4, 0.5) is 0 Å². The van der Waals surface area contributed by atoms with Gasteiger partial charge in [0.1, 0.15) is 0 Å². The first-order chi connectivity index (χ1) is 12.1. The molecule has 1 aromatic heterocycles. The van der Waals surface area contributed by atoms with Crippen molar-refractivity contribution in [3.8, 4) is 0 Å². The Hall–Kier alpha value is -2.67. The van der Waals surface area contributed by atoms with Gasteiger partial charge in [-0.25, -0.2) is 4.79 Å². The average molecular weight is 343 g/mol. The van der Waals surface area contributed by atoms with Gasteiger partial charge in [-0.1, -0.05) is 12.1 Å². The van der Waals surface area contributed by atoms with Gasteiger partial charge in [-0.3, -0.25) is 9.48 Å². The summed E-state index contributed by atoms with van der Waals surface area (Å²) < 4.78 is 7.28. The van der Waals surface area contributed by atoms with Crippen molar-refractivity contribution in [2.75, 3.05) is 13.2 Å². The zero-order valence-electron chi connectivity index (χ0n) is 14.1. The van der Waals surface area contributed by atoms with Crippen molar-refractivity contribution in [2.24, 2.45) is 0 Å². The van der Waals surface area contributed by atoms with E-state index in [1.165, 1.54) is 12.1 Å². The third-order valence-electron chi connectivity index (χ3n) is 4.48. The van der Waals surface area contributed by atoms with E-state index in [0.717, 1.165) is 37.3 Å². The number of aromatic carboxylic acids is 1. The Balaban J connectivity index is 1.63. The van der Waals surface area contributed by atoms with Gasteiger partial charge >= 0.3 is 5.97 Å². The number of carboxylic acids is 1. The number of hydrogen-bond acceptors (Lipinski definition) is 4. The molecular formula is C18H21N3O4. The highest BCUT2D eigenvalue weighted by Gasteiger charge is 2.21. The van der Waals surface area contributed by atoms with E-state index in [2.05, 4.69) is 10.4 Å². The number of nitrogens with one attached hydrogen (secondary N) is 1. The monoisotopic (exact) mass is 343 g/mol. The van der Waals surface area contributed by atoms with Crippen molar-refractivity contribution in [1.29, 1.82) is 0 Å². The van der Waals surface area contributed by atoms with Crippen LogP contribution in [0.3, 0.4) is 0 Å². The van der Waals surface area contributed by atoms with Crippen molar-refractivity contribution in [2.45, 2.75) is 32.4 Å². The van der Waals surface area contributed by atoms with Gasteiger partial charge in [-0.15, -0.1) is 0 Å². The maximum Gasteiger partial charge on any atom is 0.335 e. The SMILES string of the molecule is Cc1c(C(=O)NCc2ccc(C(=O)O)cc2)cnn1C1CCOCC1. The lowest BCUT2D eigenvalue weighted by Crippen LogP contribution is -2.24. The third-order valence-corrected chi connectivity index (χ3v) is 4.48. The fourth-order valence-electron chi connectivity index (χ4n) is 2.99. The largest absolute Gasteiger partial charge is 0.478 e. The van der Waals surface area contributed by atoms with Crippen molar-refractivity contribution >= 4 is 11.9 Å². The van der Waals surface area contributed by atoms with Crippen molar-refractivity contribution in [1.82, 2.24) is 15.1 Å². The Morgan fingerprint density at radius 1 is 1.28 bits per heavy atom. The molecular weight excluding hydrogens is 322 g/mol. The number of rotatable bonds is 5. The Morgan fingerprint density at radius 2 is 1.96 bits per heavy atom. The first kappa shape index (κ1) is 17.2. The van der Waals surface area contributed by atoms with Crippen molar-refractivity contribution < 1.29 is 19.4 Å². The second-order valence-corrected chi connectivity index (χ2v) is 6.12. The zero-order valence-corrected chi connectivity index (χ0v) is 14.1. The molecule has 0 bridgehead atoms. The molecule has 0 atom stereocenters. The number of amides is 1. The summed E-state index contributed by atoms with van der Waals surface area (Å²) in [6.45, 7) is 3.68. The number of ether oxygens (including phenoxy) is 1. The van der Waals surface area contributed by atoms with Crippen LogP contribution in [0.15, 0.2) is 30.5 Å². The molecule has 1 aliphatic rings. The van der Waals surface area contributed by atoms with Gasteiger partial charge in [0, 0.05) is 25.5 Å². The first-order valence-electron chi connectivity index (χ1n) is 8.28. The summed E-state index contributed by atoms with van der Waals surface area (Å²) in [4.78, 5) is 23.3. The smallest absolute Gasteiger partial charge is 0.335 e. The number of benzene rings is 1. The molecule has 7 nitrogen and oxygen atoms in total. The molecule has 1 saturated heterocycles. The second-order valence-electron chi connectivity index (χ2n) is 6.12. The number of carboxylic acid groups (broad SMARTS) is 1. The first-order valence-corrected chi connectivity index (χ1v) is 8.28. The third kappa shape index (κ3) is 3.88. The highest BCUT2D eigenvalue weighted by molar-refractivity contribution is 5.95. The maximum atomic E-state index is 12.4. The van der Waals surface area contributed by atoms with Crippen molar-refractivity contribution in [3.63, 3.8) is 0 Å². The van der Waals surface area contributed by atoms with Crippen LogP contribution in [0.2, 0.25) is 0 Å². The summed E-state index contributed by atoms with van der Waals surface area (Å²) in [5.74, 6) is -1.15. The summed E-state index contributed by atoms with van der Waals surface area (Å²) in [5, 5.41) is 16.1. The van der Waals surface area contributed by atoms with E-state index in [0.29, 0.717) is 12.1 Å². The van der Waals surface area contributed by atoms with E-state index in [1.807, 2.05) is 11.6 Å². The van der Waals surface area contributed by atoms with Gasteiger partial charge in [0.2, 0.25) is 0 Å². The Labute approximate surface area is 145 Å². The summed E-state index contributed by atoms with van der Waals surface area (Å²) in [6, 6.07) is 6.72. The standard InChI is InChI=1S/C18H21N3O4/c1-12-16(11-20-21(12)15-6-8-25-9-7-15)17(22)19-10-13-2-4-14(5-3-13)18(23)24/h2-5,11,15H,6-10H2,1H3,(H,19,22)(H,23,24). The van der Waals surface area contributed by atoms with E-state index in [-0.39, 0.29) is 17.5 Å². The summed E-state index contributed by atoms with van der Waals surface area (Å²) in [7, 11) is 0. The number of nitrogens with zero attached hydrogens (tertiary/aromatic N) is 2. The van der Waals surface area contributed by atoms with E-state index in [9.17, 15) is 9.59 Å². The van der Waals surface area contributed by atoms with Crippen LogP contribution in [0.1, 0.15) is 50.9 Å². The number of carbonyl (C=O) groups is 2. The minimum atomic E-state index is -0.966. The van der Waals surface area contributed by atoms with Crippen LogP contribution in [-0.2, 0) is 11.3 Å². The van der Waals surface area contributed by atoms with Gasteiger partial charge in [0.15, 0.2) is 0 Å². The second kappa shape index (κ2) is 7.48. The lowest BCUT2D eigenvalue weighted by molar-refractivity contribution is 0.0656. The Bertz CT molecular complexity index is 761. The molecule has 0 aliphatic carbocycles. The number of hydrogen-bond donors (Lipinski definition) is 2. The quantitative estimate of drug-likeness (QED) is 0.868. The van der Waals surface area contributed by atoms with Crippen LogP contribution < -0.4 is 5.32 Å². The molecule has 2 aromatic rings. The van der Waals surface area contributed by atoms with Crippen LogP contribution in [-0.4, -0.2) is 40.0 Å². The van der Waals surface area contributed by atoms with Crippen LogP contribution in [0, 0.1) is 6.92 Å². The van der Waals surface area contributed by atoms with E-state index >= 15 is 0 Å². The molecule has 0 saturated carbocycles. The van der Waals surface area contributed by atoms with Crippen LogP contribution in [0.5, 0.6) is 0 Å². The summed E-state index contributed by atoms with van der Waals surface area (Å²) in [5.41, 5.74) is 2.48. The fraction of sp³-hybridized carbons (Fsp3) is 0.389. The maximum absolute atomic E-state index is 12.4.